The van der Waals surface area contributed by atoms with Gasteiger partial charge >= 0.3 is 6.03 Å². The molecule has 0 spiro atoms. The van der Waals surface area contributed by atoms with Gasteiger partial charge in [-0.15, -0.1) is 0 Å². The molecule has 2 saturated heterocycles. The predicted molar refractivity (Wildman–Crippen MR) is 132 cm³/mol. The molecule has 38 heavy (non-hydrogen) atoms. The van der Waals surface area contributed by atoms with E-state index < -0.39 is 54.7 Å². The van der Waals surface area contributed by atoms with Crippen LogP contribution in [0.1, 0.15) is 37.8 Å². The highest BCUT2D eigenvalue weighted by Crippen LogP contribution is 2.39. The maximum atomic E-state index is 13.9. The molecule has 2 aliphatic heterocycles. The SMILES string of the molecule is CC1C(F)=CC=C(C2CCN(CCCNC(=O)N3C(O)O[C@@H](CO)C3c3ccc(F)c(F)c3)CC2)C1C#N. The van der Waals surface area contributed by atoms with Crippen LogP contribution in [0.3, 0.4) is 0 Å². The van der Waals surface area contributed by atoms with Crippen LogP contribution in [0.15, 0.2) is 41.8 Å². The summed E-state index contributed by atoms with van der Waals surface area (Å²) in [5, 5.41) is 32.2. The molecule has 1 aromatic rings. The van der Waals surface area contributed by atoms with E-state index in [4.69, 9.17) is 4.74 Å². The lowest BCUT2D eigenvalue weighted by atomic mass is 9.74. The van der Waals surface area contributed by atoms with E-state index in [1.54, 1.807) is 13.0 Å². The van der Waals surface area contributed by atoms with Crippen molar-refractivity contribution in [1.82, 2.24) is 15.1 Å². The number of carbonyl (C=O) groups is 1. The molecule has 11 heteroatoms. The van der Waals surface area contributed by atoms with Crippen molar-refractivity contribution >= 4 is 6.03 Å². The number of amides is 2. The fraction of sp³-hybridized carbons (Fsp3) is 0.556. The number of nitrogens with one attached hydrogen (secondary N) is 1. The number of aliphatic hydroxyl groups is 2. The number of carbonyl (C=O) groups excluding carboxylic acids is 1. The first-order chi connectivity index (χ1) is 18.2. The molecule has 2 fully saturated rings. The van der Waals surface area contributed by atoms with Gasteiger partial charge in [0.15, 0.2) is 11.6 Å². The van der Waals surface area contributed by atoms with Crippen LogP contribution in [0.5, 0.6) is 0 Å². The van der Waals surface area contributed by atoms with E-state index in [0.29, 0.717) is 13.0 Å². The fourth-order valence-electron chi connectivity index (χ4n) is 5.59. The van der Waals surface area contributed by atoms with Crippen LogP contribution < -0.4 is 5.32 Å². The maximum absolute atomic E-state index is 13.9. The Labute approximate surface area is 220 Å². The van der Waals surface area contributed by atoms with Crippen LogP contribution >= 0.6 is 0 Å². The number of nitrogens with zero attached hydrogens (tertiary/aromatic N) is 3. The van der Waals surface area contributed by atoms with E-state index in [9.17, 15) is 33.4 Å². The summed E-state index contributed by atoms with van der Waals surface area (Å²) in [6.07, 6.45) is 2.96. The van der Waals surface area contributed by atoms with Gasteiger partial charge in [-0.3, -0.25) is 4.90 Å². The molecule has 1 aliphatic carbocycles. The van der Waals surface area contributed by atoms with Crippen molar-refractivity contribution in [2.45, 2.75) is 44.7 Å². The molecule has 8 nitrogen and oxygen atoms in total. The van der Waals surface area contributed by atoms with Gasteiger partial charge in [-0.25, -0.2) is 18.0 Å². The van der Waals surface area contributed by atoms with Gasteiger partial charge in [0.25, 0.3) is 0 Å². The van der Waals surface area contributed by atoms with Crippen LogP contribution in [-0.4, -0.2) is 71.3 Å². The Morgan fingerprint density at radius 2 is 1.95 bits per heavy atom. The minimum atomic E-state index is -1.65. The second-order valence-corrected chi connectivity index (χ2v) is 10.0. The van der Waals surface area contributed by atoms with Gasteiger partial charge in [0, 0.05) is 12.5 Å². The molecule has 0 aromatic heterocycles. The largest absolute Gasteiger partial charge is 0.394 e. The standard InChI is InChI=1S/C27H33F3N4O4/c1-16-20(14-31)19(4-6-21(16)28)17-7-11-33(12-8-17)10-2-9-32-26(36)34-25(24(15-35)38-27(34)37)18-3-5-22(29)23(30)13-18/h3-6,13,16-17,20,24-25,27,35,37H,2,7-12,15H2,1H3,(H,32,36)/t16?,20?,24-,25?,27?/m0/s1. The van der Waals surface area contributed by atoms with Gasteiger partial charge in [-0.2, -0.15) is 5.26 Å². The Balaban J connectivity index is 1.26. The van der Waals surface area contributed by atoms with E-state index >= 15 is 0 Å². The average Bonchev–Trinajstić information content (AvgIpc) is 3.26. The summed E-state index contributed by atoms with van der Waals surface area (Å²) in [5.74, 6) is -3.02. The van der Waals surface area contributed by atoms with Crippen molar-refractivity contribution in [3.05, 3.63) is 58.9 Å². The first-order valence-corrected chi connectivity index (χ1v) is 12.9. The first-order valence-electron chi connectivity index (χ1n) is 12.9. The average molecular weight is 535 g/mol. The highest BCUT2D eigenvalue weighted by molar-refractivity contribution is 5.75. The number of allylic oxidation sites excluding steroid dienone is 4. The summed E-state index contributed by atoms with van der Waals surface area (Å²) in [6, 6.07) is 3.74. The molecule has 0 radical (unpaired) electrons. The molecular weight excluding hydrogens is 501 g/mol. The molecule has 3 N–H and O–H groups in total. The van der Waals surface area contributed by atoms with E-state index in [0.717, 1.165) is 55.1 Å². The van der Waals surface area contributed by atoms with Gasteiger partial charge in [0.1, 0.15) is 11.9 Å². The Kier molecular flexibility index (Phi) is 9.10. The van der Waals surface area contributed by atoms with Crippen LogP contribution in [0.2, 0.25) is 0 Å². The molecule has 2 heterocycles. The highest BCUT2D eigenvalue weighted by atomic mass is 19.2. The molecule has 1 aromatic carbocycles. The molecule has 5 atom stereocenters. The number of hydrogen-bond donors (Lipinski definition) is 3. The lowest BCUT2D eigenvalue weighted by Crippen LogP contribution is -2.46. The van der Waals surface area contributed by atoms with Crippen molar-refractivity contribution in [1.29, 1.82) is 5.26 Å². The zero-order valence-corrected chi connectivity index (χ0v) is 21.2. The van der Waals surface area contributed by atoms with Gasteiger partial charge in [-0.1, -0.05) is 19.1 Å². The number of likely N-dealkylation sites (tertiary alicyclic amines) is 1. The Morgan fingerprint density at radius 3 is 2.61 bits per heavy atom. The van der Waals surface area contributed by atoms with E-state index in [1.165, 1.54) is 12.1 Å². The fourth-order valence-corrected chi connectivity index (χ4v) is 5.59. The molecular formula is C27H33F3N4O4. The molecule has 0 bridgehead atoms. The van der Waals surface area contributed by atoms with Crippen molar-refractivity contribution in [2.24, 2.45) is 17.8 Å². The predicted octanol–water partition coefficient (Wildman–Crippen LogP) is 3.36. The Hall–Kier alpha value is -2.91. The number of ether oxygens (including phenoxy) is 1. The topological polar surface area (TPSA) is 109 Å². The Morgan fingerprint density at radius 1 is 1.21 bits per heavy atom. The van der Waals surface area contributed by atoms with Crippen LogP contribution in [-0.2, 0) is 4.74 Å². The molecule has 4 unspecified atom stereocenters. The number of aliphatic hydroxyl groups excluding tert-OH is 2. The smallest absolute Gasteiger partial charge is 0.321 e. The van der Waals surface area contributed by atoms with E-state index in [-0.39, 0.29) is 17.3 Å². The third kappa shape index (κ3) is 5.89. The first kappa shape index (κ1) is 28.1. The van der Waals surface area contributed by atoms with Gasteiger partial charge in [0.05, 0.1) is 24.6 Å². The van der Waals surface area contributed by atoms with Crippen LogP contribution in [0, 0.1) is 40.7 Å². The van der Waals surface area contributed by atoms with Crippen LogP contribution in [0.4, 0.5) is 18.0 Å². The summed E-state index contributed by atoms with van der Waals surface area (Å²) < 4.78 is 46.4. The van der Waals surface area contributed by atoms with E-state index in [1.807, 2.05) is 0 Å². The number of benzene rings is 1. The number of halogens is 3. The van der Waals surface area contributed by atoms with Crippen LogP contribution in [0.25, 0.3) is 0 Å². The minimum Gasteiger partial charge on any atom is -0.394 e. The summed E-state index contributed by atoms with van der Waals surface area (Å²) in [5.41, 5.74) is 1.20. The van der Waals surface area contributed by atoms with Crippen molar-refractivity contribution in [3.63, 3.8) is 0 Å². The minimum absolute atomic E-state index is 0.192. The quantitative estimate of drug-likeness (QED) is 0.463. The summed E-state index contributed by atoms with van der Waals surface area (Å²) >= 11 is 0. The number of rotatable bonds is 7. The maximum Gasteiger partial charge on any atom is 0.321 e. The summed E-state index contributed by atoms with van der Waals surface area (Å²) in [6.45, 7) is 3.89. The monoisotopic (exact) mass is 534 g/mol. The van der Waals surface area contributed by atoms with Crippen molar-refractivity contribution < 1.29 is 32.9 Å². The highest BCUT2D eigenvalue weighted by Gasteiger charge is 2.45. The Bertz CT molecular complexity index is 1120. The van der Waals surface area contributed by atoms with Crippen molar-refractivity contribution in [3.8, 4) is 6.07 Å². The number of hydrogen-bond acceptors (Lipinski definition) is 6. The lowest BCUT2D eigenvalue weighted by molar-refractivity contribution is -0.141. The van der Waals surface area contributed by atoms with Gasteiger partial charge in [-0.05, 0) is 74.2 Å². The molecule has 206 valence electrons. The second kappa shape index (κ2) is 12.3. The summed E-state index contributed by atoms with van der Waals surface area (Å²) in [4.78, 5) is 16.1. The third-order valence-corrected chi connectivity index (χ3v) is 7.74. The molecule has 3 aliphatic rings. The summed E-state index contributed by atoms with van der Waals surface area (Å²) in [7, 11) is 0. The normalized spacial score (nSPS) is 28.6. The molecule has 4 rings (SSSR count). The number of nitriles is 1. The third-order valence-electron chi connectivity index (χ3n) is 7.74. The number of urea groups is 1. The van der Waals surface area contributed by atoms with E-state index in [2.05, 4.69) is 16.3 Å². The zero-order chi connectivity index (χ0) is 27.4. The molecule has 0 saturated carbocycles. The van der Waals surface area contributed by atoms with Gasteiger partial charge < -0.3 is 25.2 Å². The lowest BCUT2D eigenvalue weighted by Gasteiger charge is -2.36. The van der Waals surface area contributed by atoms with Gasteiger partial charge in [0.2, 0.25) is 6.41 Å². The molecule has 2 amide bonds. The second-order valence-electron chi connectivity index (χ2n) is 10.0. The zero-order valence-electron chi connectivity index (χ0n) is 21.2. The van der Waals surface area contributed by atoms with Crippen molar-refractivity contribution in [2.75, 3.05) is 32.8 Å². The number of piperidine rings is 1.